The van der Waals surface area contributed by atoms with Crippen molar-refractivity contribution in [2.24, 2.45) is 7.05 Å². The number of ether oxygens (including phenoxy) is 1. The SMILES string of the molecule is Cc1ccc(F)c(OCC(=O)N2CCC(c3nncn3C)CC2)c1. The standard InChI is InChI=1S/C17H21FN4O2/c1-12-3-4-14(18)15(9-12)24-10-16(23)22-7-5-13(6-8-22)17-20-19-11-21(17)2/h3-4,9,11,13H,5-8,10H2,1-2H3. The van der Waals surface area contributed by atoms with Crippen LogP contribution < -0.4 is 4.74 Å². The van der Waals surface area contributed by atoms with E-state index in [1.54, 1.807) is 23.4 Å². The van der Waals surface area contributed by atoms with Crippen molar-refractivity contribution in [3.05, 3.63) is 41.7 Å². The molecule has 1 aliphatic heterocycles. The largest absolute Gasteiger partial charge is 0.481 e. The van der Waals surface area contributed by atoms with Crippen LogP contribution in [-0.2, 0) is 11.8 Å². The van der Waals surface area contributed by atoms with Crippen LogP contribution >= 0.6 is 0 Å². The quantitative estimate of drug-likeness (QED) is 0.860. The molecular formula is C17H21FN4O2. The van der Waals surface area contributed by atoms with E-state index < -0.39 is 5.82 Å². The number of benzene rings is 1. The monoisotopic (exact) mass is 332 g/mol. The summed E-state index contributed by atoms with van der Waals surface area (Å²) in [6.07, 6.45) is 3.38. The van der Waals surface area contributed by atoms with Gasteiger partial charge in [-0.3, -0.25) is 4.79 Å². The van der Waals surface area contributed by atoms with Gasteiger partial charge in [-0.2, -0.15) is 0 Å². The molecule has 24 heavy (non-hydrogen) atoms. The lowest BCUT2D eigenvalue weighted by molar-refractivity contribution is -0.134. The van der Waals surface area contributed by atoms with Crippen molar-refractivity contribution >= 4 is 5.91 Å². The molecule has 0 N–H and O–H groups in total. The average molecular weight is 332 g/mol. The first-order valence-electron chi connectivity index (χ1n) is 8.05. The van der Waals surface area contributed by atoms with Crippen LogP contribution in [0.1, 0.15) is 30.1 Å². The first kappa shape index (κ1) is 16.4. The molecule has 1 aromatic carbocycles. The molecule has 1 saturated heterocycles. The van der Waals surface area contributed by atoms with E-state index >= 15 is 0 Å². The third-order valence-electron chi connectivity index (χ3n) is 4.40. The number of aryl methyl sites for hydroxylation is 2. The summed E-state index contributed by atoms with van der Waals surface area (Å²) in [6, 6.07) is 4.62. The molecule has 0 spiro atoms. The minimum atomic E-state index is -0.450. The Morgan fingerprint density at radius 1 is 1.38 bits per heavy atom. The van der Waals surface area contributed by atoms with E-state index in [2.05, 4.69) is 10.2 Å². The van der Waals surface area contributed by atoms with Crippen LogP contribution in [0.3, 0.4) is 0 Å². The maximum absolute atomic E-state index is 13.6. The van der Waals surface area contributed by atoms with Crippen molar-refractivity contribution in [3.63, 3.8) is 0 Å². The lowest BCUT2D eigenvalue weighted by atomic mass is 9.96. The van der Waals surface area contributed by atoms with Crippen LogP contribution in [0.4, 0.5) is 4.39 Å². The van der Waals surface area contributed by atoms with E-state index in [9.17, 15) is 9.18 Å². The molecule has 2 heterocycles. The zero-order valence-electron chi connectivity index (χ0n) is 13.9. The Morgan fingerprint density at radius 3 is 2.79 bits per heavy atom. The van der Waals surface area contributed by atoms with E-state index in [-0.39, 0.29) is 18.3 Å². The molecule has 2 aromatic rings. The Kier molecular flexibility index (Phi) is 4.78. The topological polar surface area (TPSA) is 60.2 Å². The summed E-state index contributed by atoms with van der Waals surface area (Å²) in [5.41, 5.74) is 0.892. The number of hydrogen-bond acceptors (Lipinski definition) is 4. The number of hydrogen-bond donors (Lipinski definition) is 0. The lowest BCUT2D eigenvalue weighted by Crippen LogP contribution is -2.40. The van der Waals surface area contributed by atoms with Crippen LogP contribution in [0.5, 0.6) is 5.75 Å². The molecule has 128 valence electrons. The molecule has 1 aromatic heterocycles. The summed E-state index contributed by atoms with van der Waals surface area (Å²) in [5, 5.41) is 8.05. The third-order valence-corrected chi connectivity index (χ3v) is 4.40. The molecule has 1 amide bonds. The fourth-order valence-electron chi connectivity index (χ4n) is 3.00. The second kappa shape index (κ2) is 6.98. The molecule has 0 radical (unpaired) electrons. The summed E-state index contributed by atoms with van der Waals surface area (Å²) in [6.45, 7) is 3.01. The van der Waals surface area contributed by atoms with Crippen molar-refractivity contribution < 1.29 is 13.9 Å². The van der Waals surface area contributed by atoms with Crippen molar-refractivity contribution in [2.45, 2.75) is 25.7 Å². The van der Waals surface area contributed by atoms with Gasteiger partial charge in [0.1, 0.15) is 12.2 Å². The lowest BCUT2D eigenvalue weighted by Gasteiger charge is -2.31. The van der Waals surface area contributed by atoms with Crippen LogP contribution in [0.2, 0.25) is 0 Å². The minimum Gasteiger partial charge on any atom is -0.481 e. The van der Waals surface area contributed by atoms with Gasteiger partial charge in [0.2, 0.25) is 0 Å². The zero-order chi connectivity index (χ0) is 17.1. The van der Waals surface area contributed by atoms with Gasteiger partial charge in [0.05, 0.1) is 0 Å². The number of rotatable bonds is 4. The second-order valence-corrected chi connectivity index (χ2v) is 6.18. The Labute approximate surface area is 140 Å². The van der Waals surface area contributed by atoms with Gasteiger partial charge >= 0.3 is 0 Å². The summed E-state index contributed by atoms with van der Waals surface area (Å²) in [5.74, 6) is 0.830. The number of piperidine rings is 1. The molecule has 1 aliphatic rings. The minimum absolute atomic E-state index is 0.118. The highest BCUT2D eigenvalue weighted by Gasteiger charge is 2.26. The summed E-state index contributed by atoms with van der Waals surface area (Å²) >= 11 is 0. The number of nitrogens with zero attached hydrogens (tertiary/aromatic N) is 4. The van der Waals surface area contributed by atoms with Gasteiger partial charge in [0.15, 0.2) is 18.2 Å². The van der Waals surface area contributed by atoms with Crippen LogP contribution in [0.25, 0.3) is 0 Å². The van der Waals surface area contributed by atoms with E-state index in [0.717, 1.165) is 24.2 Å². The van der Waals surface area contributed by atoms with Crippen LogP contribution in [0.15, 0.2) is 24.5 Å². The first-order valence-corrected chi connectivity index (χ1v) is 8.05. The molecule has 0 aliphatic carbocycles. The predicted molar refractivity (Wildman–Crippen MR) is 86.2 cm³/mol. The Balaban J connectivity index is 1.52. The first-order chi connectivity index (χ1) is 11.5. The maximum atomic E-state index is 13.6. The fourth-order valence-corrected chi connectivity index (χ4v) is 3.00. The Hall–Kier alpha value is -2.44. The molecule has 0 saturated carbocycles. The van der Waals surface area contributed by atoms with Crippen molar-refractivity contribution in [1.29, 1.82) is 0 Å². The van der Waals surface area contributed by atoms with Crippen LogP contribution in [-0.4, -0.2) is 45.3 Å². The normalized spacial score (nSPS) is 15.5. The van der Waals surface area contributed by atoms with Gasteiger partial charge in [0, 0.05) is 26.1 Å². The molecule has 0 bridgehead atoms. The summed E-state index contributed by atoms with van der Waals surface area (Å²) < 4.78 is 20.9. The van der Waals surface area contributed by atoms with E-state index in [1.165, 1.54) is 6.07 Å². The number of aromatic nitrogens is 3. The van der Waals surface area contributed by atoms with Gasteiger partial charge in [-0.1, -0.05) is 6.07 Å². The second-order valence-electron chi connectivity index (χ2n) is 6.18. The highest BCUT2D eigenvalue weighted by molar-refractivity contribution is 5.77. The zero-order valence-corrected chi connectivity index (χ0v) is 13.9. The number of amides is 1. The van der Waals surface area contributed by atoms with Crippen molar-refractivity contribution in [2.75, 3.05) is 19.7 Å². The smallest absolute Gasteiger partial charge is 0.260 e. The van der Waals surface area contributed by atoms with E-state index in [4.69, 9.17) is 4.74 Å². The highest BCUT2D eigenvalue weighted by atomic mass is 19.1. The number of carbonyl (C=O) groups is 1. The Morgan fingerprint density at radius 2 is 2.12 bits per heavy atom. The van der Waals surface area contributed by atoms with Crippen molar-refractivity contribution in [3.8, 4) is 5.75 Å². The number of halogens is 1. The number of likely N-dealkylation sites (tertiary alicyclic amines) is 1. The summed E-state index contributed by atoms with van der Waals surface area (Å²) in [4.78, 5) is 14.0. The molecule has 6 nitrogen and oxygen atoms in total. The van der Waals surface area contributed by atoms with Gasteiger partial charge in [0.25, 0.3) is 5.91 Å². The van der Waals surface area contributed by atoms with E-state index in [0.29, 0.717) is 19.0 Å². The van der Waals surface area contributed by atoms with Gasteiger partial charge in [-0.25, -0.2) is 4.39 Å². The predicted octanol–water partition coefficient (Wildman–Crippen LogP) is 2.05. The molecule has 0 atom stereocenters. The van der Waals surface area contributed by atoms with Gasteiger partial charge in [-0.15, -0.1) is 10.2 Å². The highest BCUT2D eigenvalue weighted by Crippen LogP contribution is 2.26. The van der Waals surface area contributed by atoms with Gasteiger partial charge in [-0.05, 0) is 37.5 Å². The van der Waals surface area contributed by atoms with E-state index in [1.807, 2.05) is 18.5 Å². The third kappa shape index (κ3) is 3.55. The molecule has 1 fully saturated rings. The molecule has 7 heteroatoms. The molecule has 0 unspecified atom stereocenters. The number of carbonyl (C=O) groups excluding carboxylic acids is 1. The summed E-state index contributed by atoms with van der Waals surface area (Å²) in [7, 11) is 1.93. The average Bonchev–Trinajstić information content (AvgIpc) is 3.01. The van der Waals surface area contributed by atoms with Crippen molar-refractivity contribution in [1.82, 2.24) is 19.7 Å². The Bertz CT molecular complexity index is 723. The van der Waals surface area contributed by atoms with Crippen LogP contribution in [0, 0.1) is 12.7 Å². The maximum Gasteiger partial charge on any atom is 0.260 e. The molecule has 3 rings (SSSR count). The van der Waals surface area contributed by atoms with Gasteiger partial charge < -0.3 is 14.2 Å². The fraction of sp³-hybridized carbons (Fsp3) is 0.471. The molecular weight excluding hydrogens is 311 g/mol.